The van der Waals surface area contributed by atoms with Crippen molar-refractivity contribution in [2.45, 2.75) is 24.7 Å². The zero-order valence-electron chi connectivity index (χ0n) is 16.0. The van der Waals surface area contributed by atoms with Crippen molar-refractivity contribution in [3.63, 3.8) is 0 Å². The molecule has 5 rings (SSSR count). The zero-order chi connectivity index (χ0) is 20.0. The van der Waals surface area contributed by atoms with E-state index in [4.69, 9.17) is 0 Å². The first-order chi connectivity index (χ1) is 14.0. The number of hydrogen-bond acceptors (Lipinski definition) is 3. The molecule has 0 amide bonds. The van der Waals surface area contributed by atoms with Gasteiger partial charge in [0.15, 0.2) is 0 Å². The van der Waals surface area contributed by atoms with Crippen LogP contribution < -0.4 is 4.83 Å². The molecule has 4 aromatic carbocycles. The van der Waals surface area contributed by atoms with Crippen molar-refractivity contribution < 1.29 is 8.42 Å². The van der Waals surface area contributed by atoms with Crippen LogP contribution in [0.4, 0.5) is 0 Å². The molecule has 4 aromatic rings. The standard InChI is InChI=1S/C24H20N2O2S/c1-16-10-12-17(13-11-16)29(27,28)26-25-23-15-14-22-20-8-3-2-6-18(20)19-7-4-5-9-21(19)24(22)23/h2-13,26H,14-15H2,1H3/b25-23-. The highest BCUT2D eigenvalue weighted by Crippen LogP contribution is 2.37. The van der Waals surface area contributed by atoms with Gasteiger partial charge in [-0.3, -0.25) is 0 Å². The maximum atomic E-state index is 12.7. The van der Waals surface area contributed by atoms with Gasteiger partial charge >= 0.3 is 0 Å². The molecule has 0 radical (unpaired) electrons. The van der Waals surface area contributed by atoms with E-state index in [1.807, 2.05) is 25.1 Å². The lowest BCUT2D eigenvalue weighted by atomic mass is 9.93. The highest BCUT2D eigenvalue weighted by atomic mass is 32.2. The molecule has 0 bridgehead atoms. The third kappa shape index (κ3) is 2.98. The Kier molecular flexibility index (Phi) is 4.14. The normalized spacial score (nSPS) is 15.1. The van der Waals surface area contributed by atoms with Gasteiger partial charge in [-0.15, -0.1) is 0 Å². The summed E-state index contributed by atoms with van der Waals surface area (Å²) in [6.07, 6.45) is 1.57. The largest absolute Gasteiger partial charge is 0.276 e. The molecule has 0 aromatic heterocycles. The molecule has 1 N–H and O–H groups in total. The number of aryl methyl sites for hydroxylation is 2. The quantitative estimate of drug-likeness (QED) is 0.392. The van der Waals surface area contributed by atoms with Crippen molar-refractivity contribution in [3.8, 4) is 0 Å². The minimum absolute atomic E-state index is 0.217. The first-order valence-corrected chi connectivity index (χ1v) is 11.1. The maximum Gasteiger partial charge on any atom is 0.276 e. The van der Waals surface area contributed by atoms with Gasteiger partial charge in [0.1, 0.15) is 0 Å². The van der Waals surface area contributed by atoms with Gasteiger partial charge in [0, 0.05) is 5.56 Å². The van der Waals surface area contributed by atoms with E-state index in [2.05, 4.69) is 40.3 Å². The Morgan fingerprint density at radius 2 is 1.34 bits per heavy atom. The van der Waals surface area contributed by atoms with Crippen LogP contribution in [-0.4, -0.2) is 14.1 Å². The molecule has 0 atom stereocenters. The van der Waals surface area contributed by atoms with E-state index in [-0.39, 0.29) is 4.90 Å². The topological polar surface area (TPSA) is 58.5 Å². The summed E-state index contributed by atoms with van der Waals surface area (Å²) in [6, 6.07) is 23.4. The number of rotatable bonds is 3. The number of hydrogen-bond donors (Lipinski definition) is 1. The van der Waals surface area contributed by atoms with Crippen LogP contribution in [0.2, 0.25) is 0 Å². The van der Waals surface area contributed by atoms with Crippen LogP contribution >= 0.6 is 0 Å². The zero-order valence-corrected chi connectivity index (χ0v) is 16.8. The molecule has 0 unspecified atom stereocenters. The van der Waals surface area contributed by atoms with Crippen LogP contribution in [-0.2, 0) is 16.4 Å². The second kappa shape index (κ2) is 6.71. The number of nitrogens with zero attached hydrogens (tertiary/aromatic N) is 1. The maximum absolute atomic E-state index is 12.7. The van der Waals surface area contributed by atoms with Gasteiger partial charge in [-0.1, -0.05) is 66.2 Å². The number of fused-ring (bicyclic) bond motifs is 6. The summed E-state index contributed by atoms with van der Waals surface area (Å²) >= 11 is 0. The summed E-state index contributed by atoms with van der Waals surface area (Å²) in [5.41, 5.74) is 4.11. The molecule has 0 fully saturated rings. The number of sulfonamides is 1. The number of nitrogens with one attached hydrogen (secondary N) is 1. The van der Waals surface area contributed by atoms with E-state index in [1.165, 1.54) is 16.3 Å². The first-order valence-electron chi connectivity index (χ1n) is 9.62. The van der Waals surface area contributed by atoms with Crippen LogP contribution in [0.25, 0.3) is 21.5 Å². The minimum atomic E-state index is -3.70. The summed E-state index contributed by atoms with van der Waals surface area (Å²) in [4.78, 5) is 2.67. The highest BCUT2D eigenvalue weighted by Gasteiger charge is 2.24. The van der Waals surface area contributed by atoms with Gasteiger partial charge in [0.25, 0.3) is 10.0 Å². The molecule has 0 saturated carbocycles. The van der Waals surface area contributed by atoms with Gasteiger partial charge in [0.05, 0.1) is 10.6 Å². The van der Waals surface area contributed by atoms with Crippen molar-refractivity contribution in [1.82, 2.24) is 4.83 Å². The Labute approximate surface area is 169 Å². The molecule has 29 heavy (non-hydrogen) atoms. The van der Waals surface area contributed by atoms with Gasteiger partial charge in [-0.25, -0.2) is 0 Å². The second-order valence-electron chi connectivity index (χ2n) is 7.41. The highest BCUT2D eigenvalue weighted by molar-refractivity contribution is 7.89. The number of hydrazone groups is 1. The lowest BCUT2D eigenvalue weighted by Crippen LogP contribution is -2.20. The molecule has 1 aliphatic rings. The summed E-state index contributed by atoms with van der Waals surface area (Å²) < 4.78 is 25.3. The molecule has 4 nitrogen and oxygen atoms in total. The Bertz CT molecular complexity index is 1390. The minimum Gasteiger partial charge on any atom is -0.200 e. The Hall–Kier alpha value is -3.18. The van der Waals surface area contributed by atoms with E-state index < -0.39 is 10.0 Å². The van der Waals surface area contributed by atoms with Gasteiger partial charge < -0.3 is 0 Å². The van der Waals surface area contributed by atoms with Gasteiger partial charge in [-0.2, -0.15) is 18.4 Å². The third-order valence-corrected chi connectivity index (χ3v) is 6.80. The Balaban J connectivity index is 1.63. The van der Waals surface area contributed by atoms with E-state index in [1.54, 1.807) is 24.3 Å². The van der Waals surface area contributed by atoms with Crippen LogP contribution in [0.3, 0.4) is 0 Å². The molecule has 0 saturated heterocycles. The monoisotopic (exact) mass is 400 g/mol. The number of benzene rings is 4. The molecule has 0 aliphatic heterocycles. The van der Waals surface area contributed by atoms with E-state index in [9.17, 15) is 8.42 Å². The van der Waals surface area contributed by atoms with E-state index in [0.717, 1.165) is 34.0 Å². The fourth-order valence-electron chi connectivity index (χ4n) is 4.17. The predicted molar refractivity (Wildman–Crippen MR) is 118 cm³/mol. The SMILES string of the molecule is Cc1ccc(S(=O)(=O)N/N=C2/CCc3c2c2ccccc2c2ccccc32)cc1. The summed E-state index contributed by atoms with van der Waals surface area (Å²) in [6.45, 7) is 1.93. The van der Waals surface area contributed by atoms with Gasteiger partial charge in [-0.05, 0) is 59.0 Å². The average Bonchev–Trinajstić information content (AvgIpc) is 3.17. The van der Waals surface area contributed by atoms with Crippen molar-refractivity contribution >= 4 is 37.3 Å². The Morgan fingerprint density at radius 3 is 2.03 bits per heavy atom. The van der Waals surface area contributed by atoms with Crippen LogP contribution in [0.1, 0.15) is 23.1 Å². The predicted octanol–water partition coefficient (Wildman–Crippen LogP) is 4.93. The molecule has 1 aliphatic carbocycles. The molecule has 5 heteroatoms. The first kappa shape index (κ1) is 17.9. The van der Waals surface area contributed by atoms with Crippen LogP contribution in [0.5, 0.6) is 0 Å². The summed E-state index contributed by atoms with van der Waals surface area (Å²) in [7, 11) is -3.70. The average molecular weight is 401 g/mol. The summed E-state index contributed by atoms with van der Waals surface area (Å²) in [5, 5.41) is 9.09. The molecular formula is C24H20N2O2S. The van der Waals surface area contributed by atoms with Crippen LogP contribution in [0, 0.1) is 6.92 Å². The van der Waals surface area contributed by atoms with E-state index in [0.29, 0.717) is 6.42 Å². The van der Waals surface area contributed by atoms with Gasteiger partial charge in [0.2, 0.25) is 0 Å². The lowest BCUT2D eigenvalue weighted by molar-refractivity contribution is 0.584. The molecule has 0 heterocycles. The van der Waals surface area contributed by atoms with Crippen molar-refractivity contribution in [1.29, 1.82) is 0 Å². The second-order valence-corrected chi connectivity index (χ2v) is 9.07. The van der Waals surface area contributed by atoms with Crippen LogP contribution in [0.15, 0.2) is 82.8 Å². The Morgan fingerprint density at radius 1 is 0.759 bits per heavy atom. The lowest BCUT2D eigenvalue weighted by Gasteiger charge is -2.12. The van der Waals surface area contributed by atoms with Crippen molar-refractivity contribution in [3.05, 3.63) is 89.5 Å². The van der Waals surface area contributed by atoms with Crippen molar-refractivity contribution in [2.75, 3.05) is 0 Å². The molecule has 0 spiro atoms. The van der Waals surface area contributed by atoms with Crippen molar-refractivity contribution in [2.24, 2.45) is 5.10 Å². The fourth-order valence-corrected chi connectivity index (χ4v) is 5.00. The molecular weight excluding hydrogens is 380 g/mol. The summed E-state index contributed by atoms with van der Waals surface area (Å²) in [5.74, 6) is 0. The third-order valence-electron chi connectivity index (χ3n) is 5.57. The molecule has 144 valence electrons. The fraction of sp³-hybridized carbons (Fsp3) is 0.125. The smallest absolute Gasteiger partial charge is 0.200 e. The van der Waals surface area contributed by atoms with E-state index >= 15 is 0 Å².